The first-order valence-corrected chi connectivity index (χ1v) is 6.29. The quantitative estimate of drug-likeness (QED) is 0.830. The number of carbonyl (C=O) groups is 2. The van der Waals surface area contributed by atoms with E-state index < -0.39 is 11.8 Å². The van der Waals surface area contributed by atoms with Gasteiger partial charge in [-0.05, 0) is 26.0 Å². The maximum atomic E-state index is 12.9. The SMILES string of the molecule is CC(C)N(CCC(=O)O)C(=O)COc1cccc(F)c1. The second-order valence-corrected chi connectivity index (χ2v) is 4.57. The van der Waals surface area contributed by atoms with Gasteiger partial charge >= 0.3 is 5.97 Å². The standard InChI is InChI=1S/C14H18FNO4/c1-10(2)16(7-6-14(18)19)13(17)9-20-12-5-3-4-11(15)8-12/h3-5,8,10H,6-7,9H2,1-2H3,(H,18,19). The van der Waals surface area contributed by atoms with Gasteiger partial charge < -0.3 is 14.7 Å². The highest BCUT2D eigenvalue weighted by molar-refractivity contribution is 5.78. The van der Waals surface area contributed by atoms with E-state index in [1.165, 1.54) is 23.1 Å². The van der Waals surface area contributed by atoms with Crippen LogP contribution in [0.15, 0.2) is 24.3 Å². The fraction of sp³-hybridized carbons (Fsp3) is 0.429. The highest BCUT2D eigenvalue weighted by Crippen LogP contribution is 2.12. The number of ether oxygens (including phenoxy) is 1. The molecule has 0 aliphatic carbocycles. The molecular weight excluding hydrogens is 265 g/mol. The smallest absolute Gasteiger partial charge is 0.305 e. The monoisotopic (exact) mass is 283 g/mol. The van der Waals surface area contributed by atoms with Gasteiger partial charge in [0.15, 0.2) is 6.61 Å². The molecule has 0 atom stereocenters. The zero-order valence-electron chi connectivity index (χ0n) is 11.5. The predicted octanol–water partition coefficient (Wildman–Crippen LogP) is 1.92. The number of aliphatic carboxylic acids is 1. The minimum Gasteiger partial charge on any atom is -0.484 e. The van der Waals surface area contributed by atoms with Crippen molar-refractivity contribution in [3.8, 4) is 5.75 Å². The Hall–Kier alpha value is -2.11. The summed E-state index contributed by atoms with van der Waals surface area (Å²) < 4.78 is 18.2. The molecule has 0 aromatic heterocycles. The average molecular weight is 283 g/mol. The van der Waals surface area contributed by atoms with E-state index in [1.807, 2.05) is 0 Å². The lowest BCUT2D eigenvalue weighted by atomic mass is 10.2. The van der Waals surface area contributed by atoms with Crippen LogP contribution in [0.2, 0.25) is 0 Å². The van der Waals surface area contributed by atoms with Crippen LogP contribution in [0.1, 0.15) is 20.3 Å². The first-order chi connectivity index (χ1) is 9.40. The summed E-state index contributed by atoms with van der Waals surface area (Å²) in [4.78, 5) is 23.9. The predicted molar refractivity (Wildman–Crippen MR) is 71.0 cm³/mol. The van der Waals surface area contributed by atoms with Gasteiger partial charge in [0.25, 0.3) is 5.91 Å². The summed E-state index contributed by atoms with van der Waals surface area (Å²) in [6.07, 6.45) is -0.121. The molecule has 0 aliphatic heterocycles. The molecule has 1 aromatic carbocycles. The number of halogens is 1. The number of amides is 1. The van der Waals surface area contributed by atoms with Gasteiger partial charge in [-0.2, -0.15) is 0 Å². The van der Waals surface area contributed by atoms with Crippen LogP contribution in [0.4, 0.5) is 4.39 Å². The maximum absolute atomic E-state index is 12.9. The molecule has 1 N–H and O–H groups in total. The third kappa shape index (κ3) is 5.26. The molecule has 110 valence electrons. The van der Waals surface area contributed by atoms with E-state index in [2.05, 4.69) is 0 Å². The van der Waals surface area contributed by atoms with Crippen molar-refractivity contribution in [2.45, 2.75) is 26.3 Å². The normalized spacial score (nSPS) is 10.4. The summed E-state index contributed by atoms with van der Waals surface area (Å²) in [6, 6.07) is 5.37. The van der Waals surface area contributed by atoms with Crippen LogP contribution in [0, 0.1) is 5.82 Å². The number of benzene rings is 1. The topological polar surface area (TPSA) is 66.8 Å². The summed E-state index contributed by atoms with van der Waals surface area (Å²) in [5, 5.41) is 8.65. The molecule has 0 spiro atoms. The van der Waals surface area contributed by atoms with Gasteiger partial charge in [0, 0.05) is 18.7 Å². The second kappa shape index (κ2) is 7.47. The van der Waals surface area contributed by atoms with Gasteiger partial charge in [0.2, 0.25) is 0 Å². The summed E-state index contributed by atoms with van der Waals surface area (Å²) in [7, 11) is 0. The van der Waals surface area contributed by atoms with Crippen LogP contribution in [-0.4, -0.2) is 41.1 Å². The Kier molecular flexibility index (Phi) is 5.96. The number of carboxylic acids is 1. The highest BCUT2D eigenvalue weighted by Gasteiger charge is 2.18. The fourth-order valence-corrected chi connectivity index (χ4v) is 1.67. The van der Waals surface area contributed by atoms with Gasteiger partial charge in [-0.25, -0.2) is 4.39 Å². The third-order valence-electron chi connectivity index (χ3n) is 2.67. The molecule has 5 nitrogen and oxygen atoms in total. The molecule has 0 saturated heterocycles. The van der Waals surface area contributed by atoms with E-state index in [1.54, 1.807) is 19.9 Å². The molecule has 0 radical (unpaired) electrons. The van der Waals surface area contributed by atoms with Crippen LogP contribution in [0.5, 0.6) is 5.75 Å². The summed E-state index contributed by atoms with van der Waals surface area (Å²) in [6.45, 7) is 3.46. The Morgan fingerprint density at radius 2 is 2.10 bits per heavy atom. The lowest BCUT2D eigenvalue weighted by molar-refractivity contribution is -0.139. The van der Waals surface area contributed by atoms with Crippen LogP contribution >= 0.6 is 0 Å². The lowest BCUT2D eigenvalue weighted by Crippen LogP contribution is -2.41. The van der Waals surface area contributed by atoms with Crippen LogP contribution in [-0.2, 0) is 9.59 Å². The minimum atomic E-state index is -0.963. The summed E-state index contributed by atoms with van der Waals surface area (Å²) >= 11 is 0. The average Bonchev–Trinajstić information content (AvgIpc) is 2.36. The van der Waals surface area contributed by atoms with Crippen LogP contribution < -0.4 is 4.74 Å². The van der Waals surface area contributed by atoms with Crippen molar-refractivity contribution in [1.29, 1.82) is 0 Å². The van der Waals surface area contributed by atoms with Crippen molar-refractivity contribution in [3.05, 3.63) is 30.1 Å². The Morgan fingerprint density at radius 1 is 1.40 bits per heavy atom. The van der Waals surface area contributed by atoms with Crippen LogP contribution in [0.25, 0.3) is 0 Å². The zero-order chi connectivity index (χ0) is 15.1. The summed E-state index contributed by atoms with van der Waals surface area (Å²) in [5.41, 5.74) is 0. The molecule has 0 bridgehead atoms. The van der Waals surface area contributed by atoms with E-state index >= 15 is 0 Å². The Balaban J connectivity index is 2.55. The first kappa shape index (κ1) is 15.9. The largest absolute Gasteiger partial charge is 0.484 e. The maximum Gasteiger partial charge on any atom is 0.305 e. The molecule has 0 saturated carbocycles. The Morgan fingerprint density at radius 3 is 2.65 bits per heavy atom. The number of carbonyl (C=O) groups excluding carboxylic acids is 1. The molecular formula is C14H18FNO4. The molecule has 6 heteroatoms. The molecule has 1 amide bonds. The molecule has 20 heavy (non-hydrogen) atoms. The fourth-order valence-electron chi connectivity index (χ4n) is 1.67. The number of hydrogen-bond donors (Lipinski definition) is 1. The van der Waals surface area contributed by atoms with E-state index in [0.29, 0.717) is 0 Å². The van der Waals surface area contributed by atoms with Gasteiger partial charge in [0.1, 0.15) is 11.6 Å². The van der Waals surface area contributed by atoms with Crippen molar-refractivity contribution < 1.29 is 23.8 Å². The van der Waals surface area contributed by atoms with Crippen molar-refractivity contribution in [2.24, 2.45) is 0 Å². The molecule has 0 fully saturated rings. The van der Waals surface area contributed by atoms with Crippen molar-refractivity contribution in [1.82, 2.24) is 4.90 Å². The third-order valence-corrected chi connectivity index (χ3v) is 2.67. The molecule has 0 heterocycles. The number of carboxylic acid groups (broad SMARTS) is 1. The molecule has 1 rings (SSSR count). The Bertz CT molecular complexity index is 476. The van der Waals surface area contributed by atoms with Gasteiger partial charge in [-0.1, -0.05) is 6.07 Å². The molecule has 0 aliphatic rings. The molecule has 0 unspecified atom stereocenters. The summed E-state index contributed by atoms with van der Waals surface area (Å²) in [5.74, 6) is -1.47. The van der Waals surface area contributed by atoms with E-state index in [-0.39, 0.29) is 37.3 Å². The van der Waals surface area contributed by atoms with Crippen molar-refractivity contribution in [3.63, 3.8) is 0 Å². The van der Waals surface area contributed by atoms with Gasteiger partial charge in [0.05, 0.1) is 6.42 Å². The van der Waals surface area contributed by atoms with Crippen molar-refractivity contribution in [2.75, 3.05) is 13.2 Å². The lowest BCUT2D eigenvalue weighted by Gasteiger charge is -2.26. The highest BCUT2D eigenvalue weighted by atomic mass is 19.1. The number of nitrogens with zero attached hydrogens (tertiary/aromatic N) is 1. The number of rotatable bonds is 7. The van der Waals surface area contributed by atoms with E-state index in [0.717, 1.165) is 0 Å². The van der Waals surface area contributed by atoms with Crippen LogP contribution in [0.3, 0.4) is 0 Å². The van der Waals surface area contributed by atoms with Crippen molar-refractivity contribution >= 4 is 11.9 Å². The molecule has 1 aromatic rings. The van der Waals surface area contributed by atoms with E-state index in [4.69, 9.17) is 9.84 Å². The zero-order valence-corrected chi connectivity index (χ0v) is 11.5. The second-order valence-electron chi connectivity index (χ2n) is 4.57. The van der Waals surface area contributed by atoms with Gasteiger partial charge in [-0.3, -0.25) is 9.59 Å². The van der Waals surface area contributed by atoms with Gasteiger partial charge in [-0.15, -0.1) is 0 Å². The number of hydrogen-bond acceptors (Lipinski definition) is 3. The Labute approximate surface area is 117 Å². The van der Waals surface area contributed by atoms with E-state index in [9.17, 15) is 14.0 Å². The minimum absolute atomic E-state index is 0.121. The first-order valence-electron chi connectivity index (χ1n) is 6.29.